The van der Waals surface area contributed by atoms with Crippen LogP contribution >= 0.6 is 11.8 Å². The zero-order valence-corrected chi connectivity index (χ0v) is 6.84. The first kappa shape index (κ1) is 8.80. The Balaban J connectivity index is 2.65. The van der Waals surface area contributed by atoms with Gasteiger partial charge < -0.3 is 9.90 Å². The number of hydrogen-bond acceptors (Lipinski definition) is 4. The highest BCUT2D eigenvalue weighted by molar-refractivity contribution is 8.15. The molecule has 3 nitrogen and oxygen atoms in total. The normalized spacial score (nSPS) is 9.33. The van der Waals surface area contributed by atoms with Gasteiger partial charge in [0.1, 0.15) is 5.97 Å². The van der Waals surface area contributed by atoms with Crippen molar-refractivity contribution < 1.29 is 14.7 Å². The molecule has 0 amide bonds. The maximum Gasteiger partial charge on any atom is 0.239 e. The van der Waals surface area contributed by atoms with Crippen LogP contribution in [-0.4, -0.2) is 11.1 Å². The van der Waals surface area contributed by atoms with E-state index in [2.05, 4.69) is 0 Å². The number of carbonyl (C=O) groups excluding carboxylic acids is 2. The van der Waals surface area contributed by atoms with E-state index in [0.717, 1.165) is 0 Å². The summed E-state index contributed by atoms with van der Waals surface area (Å²) in [5.74, 6) is -1.66. The van der Waals surface area contributed by atoms with Crippen LogP contribution in [-0.2, 0) is 9.59 Å². The fraction of sp³-hybridized carbons (Fsp3) is 0. The number of carbonyl (C=O) groups is 2. The predicted octanol–water partition coefficient (Wildman–Crippen LogP) is 0.0552. The molecule has 0 unspecified atom stereocenters. The first-order valence-corrected chi connectivity index (χ1v) is 4.00. The van der Waals surface area contributed by atoms with Crippen molar-refractivity contribution in [3.63, 3.8) is 0 Å². The number of aliphatic carboxylic acids is 1. The Labute approximate surface area is 73.4 Å². The lowest BCUT2D eigenvalue weighted by atomic mass is 10.4. The van der Waals surface area contributed by atoms with E-state index in [1.807, 2.05) is 0 Å². The van der Waals surface area contributed by atoms with Gasteiger partial charge in [0.05, 0.1) is 0 Å². The standard InChI is InChI=1S/C8H6O3S/c9-7(10)8(11)12-6-4-2-1-3-5-6/h1-5H,(H,9,10)/p-1. The molecule has 0 saturated carbocycles. The molecule has 0 atom stereocenters. The fourth-order valence-corrected chi connectivity index (χ4v) is 1.23. The largest absolute Gasteiger partial charge is 0.541 e. The summed E-state index contributed by atoms with van der Waals surface area (Å²) in [6.45, 7) is 0. The van der Waals surface area contributed by atoms with E-state index in [1.54, 1.807) is 30.3 Å². The number of carboxylic acids is 1. The average molecular weight is 181 g/mol. The van der Waals surface area contributed by atoms with Gasteiger partial charge in [-0.3, -0.25) is 4.79 Å². The number of carboxylic acid groups (broad SMARTS) is 1. The van der Waals surface area contributed by atoms with Crippen LogP contribution in [0, 0.1) is 0 Å². The molecule has 12 heavy (non-hydrogen) atoms. The van der Waals surface area contributed by atoms with E-state index < -0.39 is 11.1 Å². The van der Waals surface area contributed by atoms with Crippen molar-refractivity contribution >= 4 is 22.8 Å². The van der Waals surface area contributed by atoms with Crippen LogP contribution in [0.5, 0.6) is 0 Å². The molecule has 1 aromatic carbocycles. The molecule has 0 fully saturated rings. The SMILES string of the molecule is O=C([O-])C(=O)Sc1ccccc1. The van der Waals surface area contributed by atoms with Gasteiger partial charge in [0, 0.05) is 4.90 Å². The zero-order chi connectivity index (χ0) is 8.97. The van der Waals surface area contributed by atoms with Crippen molar-refractivity contribution in [1.82, 2.24) is 0 Å². The summed E-state index contributed by atoms with van der Waals surface area (Å²) in [5.41, 5.74) is 0. The minimum absolute atomic E-state index is 0.603. The molecule has 0 aliphatic rings. The van der Waals surface area contributed by atoms with Crippen LogP contribution in [0.2, 0.25) is 0 Å². The molecule has 0 aliphatic carbocycles. The molecule has 4 heteroatoms. The van der Waals surface area contributed by atoms with Gasteiger partial charge in [-0.05, 0) is 23.9 Å². The molecular formula is C8H5O3S-. The van der Waals surface area contributed by atoms with E-state index >= 15 is 0 Å². The molecule has 0 saturated heterocycles. The molecule has 1 aromatic rings. The topological polar surface area (TPSA) is 57.2 Å². The summed E-state index contributed by atoms with van der Waals surface area (Å²) in [6, 6.07) is 8.56. The minimum atomic E-state index is -1.66. The van der Waals surface area contributed by atoms with Gasteiger partial charge in [-0.2, -0.15) is 0 Å². The highest BCUT2D eigenvalue weighted by atomic mass is 32.2. The van der Waals surface area contributed by atoms with Crippen molar-refractivity contribution in [2.75, 3.05) is 0 Å². The van der Waals surface area contributed by atoms with Crippen LogP contribution in [0.15, 0.2) is 35.2 Å². The second-order valence-electron chi connectivity index (χ2n) is 1.99. The average Bonchev–Trinajstić information content (AvgIpc) is 2.06. The summed E-state index contributed by atoms with van der Waals surface area (Å²) in [5, 5.41) is 9.05. The molecular weight excluding hydrogens is 176 g/mol. The molecule has 0 N–H and O–H groups in total. The molecule has 0 spiro atoms. The summed E-state index contributed by atoms with van der Waals surface area (Å²) in [7, 11) is 0. The number of thioether (sulfide) groups is 1. The Bertz CT molecular complexity index is 294. The third kappa shape index (κ3) is 2.39. The minimum Gasteiger partial charge on any atom is -0.541 e. The predicted molar refractivity (Wildman–Crippen MR) is 42.3 cm³/mol. The maximum atomic E-state index is 10.6. The second-order valence-corrected chi connectivity index (χ2v) is 3.04. The molecule has 0 radical (unpaired) electrons. The van der Waals surface area contributed by atoms with Gasteiger partial charge in [-0.1, -0.05) is 18.2 Å². The maximum absolute atomic E-state index is 10.6. The summed E-state index contributed by atoms with van der Waals surface area (Å²) < 4.78 is 0. The molecule has 62 valence electrons. The van der Waals surface area contributed by atoms with E-state index in [9.17, 15) is 14.7 Å². The van der Waals surface area contributed by atoms with Gasteiger partial charge in [0.15, 0.2) is 0 Å². The van der Waals surface area contributed by atoms with E-state index in [-0.39, 0.29) is 0 Å². The van der Waals surface area contributed by atoms with Crippen LogP contribution in [0.4, 0.5) is 0 Å². The molecule has 0 bridgehead atoms. The quantitative estimate of drug-likeness (QED) is 0.454. The second kappa shape index (κ2) is 3.92. The Morgan fingerprint density at radius 3 is 2.25 bits per heavy atom. The lowest BCUT2D eigenvalue weighted by Crippen LogP contribution is -2.29. The number of hydrogen-bond donors (Lipinski definition) is 0. The van der Waals surface area contributed by atoms with Crippen molar-refractivity contribution in [3.05, 3.63) is 30.3 Å². The first-order valence-electron chi connectivity index (χ1n) is 3.18. The summed E-state index contributed by atoms with van der Waals surface area (Å²) in [4.78, 5) is 21.2. The van der Waals surface area contributed by atoms with Gasteiger partial charge in [-0.25, -0.2) is 0 Å². The Morgan fingerprint density at radius 1 is 1.17 bits per heavy atom. The monoisotopic (exact) mass is 181 g/mol. The van der Waals surface area contributed by atoms with E-state index in [4.69, 9.17) is 0 Å². The highest BCUT2D eigenvalue weighted by Crippen LogP contribution is 2.16. The van der Waals surface area contributed by atoms with Crippen LogP contribution in [0.25, 0.3) is 0 Å². The van der Waals surface area contributed by atoms with Crippen LogP contribution in [0.1, 0.15) is 0 Å². The fourth-order valence-electron chi connectivity index (χ4n) is 0.637. The third-order valence-electron chi connectivity index (χ3n) is 1.12. The molecule has 0 aromatic heterocycles. The summed E-state index contributed by atoms with van der Waals surface area (Å²) in [6.07, 6.45) is 0. The Kier molecular flexibility index (Phi) is 2.88. The van der Waals surface area contributed by atoms with Crippen molar-refractivity contribution in [2.45, 2.75) is 4.90 Å². The van der Waals surface area contributed by atoms with E-state index in [0.29, 0.717) is 16.7 Å². The van der Waals surface area contributed by atoms with Gasteiger partial charge in [0.25, 0.3) is 0 Å². The van der Waals surface area contributed by atoms with Gasteiger partial charge in [0.2, 0.25) is 5.12 Å². The summed E-state index contributed by atoms with van der Waals surface area (Å²) >= 11 is 0.651. The van der Waals surface area contributed by atoms with Crippen molar-refractivity contribution in [2.24, 2.45) is 0 Å². The highest BCUT2D eigenvalue weighted by Gasteiger charge is 2.03. The first-order chi connectivity index (χ1) is 5.70. The number of rotatable bonds is 1. The lowest BCUT2D eigenvalue weighted by Gasteiger charge is -1.99. The Morgan fingerprint density at radius 2 is 1.75 bits per heavy atom. The lowest BCUT2D eigenvalue weighted by molar-refractivity contribution is -0.298. The van der Waals surface area contributed by atoms with E-state index in [1.165, 1.54) is 0 Å². The Hall–Kier alpha value is -1.29. The molecule has 1 rings (SSSR count). The van der Waals surface area contributed by atoms with Crippen molar-refractivity contribution in [3.8, 4) is 0 Å². The third-order valence-corrected chi connectivity index (χ3v) is 1.98. The number of benzene rings is 1. The molecule has 0 aliphatic heterocycles. The van der Waals surface area contributed by atoms with Crippen LogP contribution in [0.3, 0.4) is 0 Å². The van der Waals surface area contributed by atoms with Gasteiger partial charge >= 0.3 is 0 Å². The van der Waals surface area contributed by atoms with Crippen LogP contribution < -0.4 is 5.11 Å². The van der Waals surface area contributed by atoms with Gasteiger partial charge in [-0.15, -0.1) is 0 Å². The zero-order valence-electron chi connectivity index (χ0n) is 6.02. The van der Waals surface area contributed by atoms with Crippen molar-refractivity contribution in [1.29, 1.82) is 0 Å². The molecule has 0 heterocycles. The smallest absolute Gasteiger partial charge is 0.239 e.